The molecule has 28 nitrogen and oxygen atoms in total. The maximum Gasteiger partial charge on any atom is 0.408 e. The molecule has 8 amide bonds. The first-order chi connectivity index (χ1) is 40.5. The van der Waals surface area contributed by atoms with Gasteiger partial charge in [-0.1, -0.05) is 48.0 Å². The number of hydrogen-bond donors (Lipinski definition) is 13. The van der Waals surface area contributed by atoms with E-state index in [2.05, 4.69) is 52.6 Å². The molecule has 13 N–H and O–H groups in total. The van der Waals surface area contributed by atoms with Crippen molar-refractivity contribution in [2.24, 2.45) is 17.8 Å². The Kier molecular flexibility index (Phi) is 29.5. The summed E-state index contributed by atoms with van der Waals surface area (Å²) in [6.07, 6.45) is -2.83. The topological polar surface area (TPSA) is 409 Å². The number of ether oxygens (including phenoxy) is 4. The molecule has 0 aliphatic carbocycles. The summed E-state index contributed by atoms with van der Waals surface area (Å²) >= 11 is 0. The standard InChI is InChI=1S/C59H101N11O17S/c1-20-32(6)43(52(78)68-44(36(10)71)51(77)63-27-41(72)62-28-42(73)64-40(54(80)84-19)29-85-57(11,12)13)67-49(75)38(65-50(76)39(26-30(2)3)66-53(79)45(46(74)31(4)5)69-56(81)87-58(14,15)16)22-21-25-61-55(60)70-88(82,83)48-34(8)33(7)47-37(35(48)9)23-24-59(17,18)86-47/h30-32,36,38-40,43-46,71,74H,20-29H2,1-19H3,(H,62,72)(H,63,77)(H,64,73)(H,65,76)(H,66,79)(H,67,75)(H,68,78)(H,69,81)(H3,60,61,70)/t32-,36-,38+,39-,40-,43-,44-,45-,46+/m0/s1. The molecular weight excluding hydrogens is 1170 g/mol. The number of benzene rings is 1. The predicted molar refractivity (Wildman–Crippen MR) is 327 cm³/mol. The average molecular weight is 1270 g/mol. The Hall–Kier alpha value is -6.85. The third-order valence-corrected chi connectivity index (χ3v) is 15.9. The van der Waals surface area contributed by atoms with E-state index >= 15 is 0 Å². The van der Waals surface area contributed by atoms with Crippen LogP contribution < -0.4 is 57.3 Å². The lowest BCUT2D eigenvalue weighted by Gasteiger charge is -2.35. The summed E-state index contributed by atoms with van der Waals surface area (Å²) < 4.78 is 52.2. The zero-order valence-corrected chi connectivity index (χ0v) is 55.7. The van der Waals surface area contributed by atoms with Crippen molar-refractivity contribution in [1.29, 1.82) is 5.41 Å². The molecule has 500 valence electrons. The number of nitrogens with one attached hydrogen (secondary N) is 11. The second kappa shape index (κ2) is 33.7. The molecule has 2 rings (SSSR count). The average Bonchev–Trinajstić information content (AvgIpc) is 0.920. The highest BCUT2D eigenvalue weighted by atomic mass is 32.2. The molecule has 0 unspecified atom stereocenters. The highest BCUT2D eigenvalue weighted by molar-refractivity contribution is 7.90. The van der Waals surface area contributed by atoms with Crippen LogP contribution in [0.1, 0.15) is 158 Å². The molecule has 0 saturated heterocycles. The third-order valence-electron chi connectivity index (χ3n) is 14.3. The summed E-state index contributed by atoms with van der Waals surface area (Å²) in [5.41, 5.74) is 0.258. The van der Waals surface area contributed by atoms with Crippen molar-refractivity contribution in [3.05, 3.63) is 22.3 Å². The minimum absolute atomic E-state index is 0.00450. The van der Waals surface area contributed by atoms with Crippen LogP contribution in [0.5, 0.6) is 5.75 Å². The van der Waals surface area contributed by atoms with E-state index in [-0.39, 0.29) is 49.6 Å². The number of aliphatic hydroxyl groups excluding tert-OH is 2. The van der Waals surface area contributed by atoms with Crippen LogP contribution in [0.2, 0.25) is 0 Å². The number of rotatable bonds is 31. The molecule has 1 heterocycles. The molecule has 29 heteroatoms. The number of esters is 1. The van der Waals surface area contributed by atoms with Crippen LogP contribution in [0.25, 0.3) is 0 Å². The zero-order valence-electron chi connectivity index (χ0n) is 54.8. The fraction of sp³-hybridized carbons (Fsp3) is 0.729. The van der Waals surface area contributed by atoms with Gasteiger partial charge in [-0.25, -0.2) is 22.7 Å². The molecule has 1 aromatic rings. The number of methoxy groups -OCH3 is 1. The summed E-state index contributed by atoms with van der Waals surface area (Å²) in [5, 5.41) is 53.0. The SMILES string of the molecule is CC[C@H](C)[C@H](NC(=O)[C@@H](CCCNC(=N)NS(=O)(=O)c1c(C)c(C)c2c(c1C)CCC(C)(C)O2)NC(=O)[C@H](CC(C)C)NC(=O)[C@@H](NC(=O)OC(C)(C)C)[C@H](O)C(C)C)C(=O)N[C@H](C(=O)NCC(=O)NCC(=O)N[C@@H](COC(C)(C)C)C(=O)OC)[C@H](C)O. The van der Waals surface area contributed by atoms with Gasteiger partial charge in [0.25, 0.3) is 10.0 Å². The van der Waals surface area contributed by atoms with Crippen LogP contribution in [-0.2, 0) is 69.0 Å². The molecule has 9 atom stereocenters. The molecule has 1 aliphatic rings. The lowest BCUT2D eigenvalue weighted by molar-refractivity contribution is -0.148. The monoisotopic (exact) mass is 1270 g/mol. The van der Waals surface area contributed by atoms with E-state index in [0.29, 0.717) is 35.3 Å². The summed E-state index contributed by atoms with van der Waals surface area (Å²) in [5.74, 6) is -8.68. The van der Waals surface area contributed by atoms with Gasteiger partial charge in [0.1, 0.15) is 47.2 Å². The summed E-state index contributed by atoms with van der Waals surface area (Å²) in [6, 6.07) is -8.86. The number of hydrogen-bond acceptors (Lipinski definition) is 18. The van der Waals surface area contributed by atoms with Crippen molar-refractivity contribution >= 4 is 69.4 Å². The van der Waals surface area contributed by atoms with Crippen molar-refractivity contribution in [3.63, 3.8) is 0 Å². The summed E-state index contributed by atoms with van der Waals surface area (Å²) in [7, 11) is -3.22. The largest absolute Gasteiger partial charge is 0.487 e. The maximum absolute atomic E-state index is 14.6. The fourth-order valence-electron chi connectivity index (χ4n) is 9.14. The van der Waals surface area contributed by atoms with Gasteiger partial charge in [-0.2, -0.15) is 0 Å². The second-order valence-corrected chi connectivity index (χ2v) is 27.3. The minimum atomic E-state index is -4.34. The van der Waals surface area contributed by atoms with Gasteiger partial charge >= 0.3 is 12.1 Å². The summed E-state index contributed by atoms with van der Waals surface area (Å²) in [6.45, 7) is 28.6. The first-order valence-electron chi connectivity index (χ1n) is 29.8. The molecule has 1 aromatic carbocycles. The number of carbonyl (C=O) groups is 9. The Bertz CT molecular complexity index is 2760. The van der Waals surface area contributed by atoms with Gasteiger partial charge < -0.3 is 77.0 Å². The van der Waals surface area contributed by atoms with Crippen LogP contribution >= 0.6 is 0 Å². The Balaban J connectivity index is 2.45. The number of alkyl carbamates (subject to hydrolysis) is 1. The molecular formula is C59H101N11O17S. The predicted octanol–water partition coefficient (Wildman–Crippen LogP) is 1.33. The van der Waals surface area contributed by atoms with Gasteiger partial charge in [0, 0.05) is 6.54 Å². The van der Waals surface area contributed by atoms with E-state index in [4.69, 9.17) is 24.4 Å². The van der Waals surface area contributed by atoms with Gasteiger partial charge in [0.05, 0.1) is 49.5 Å². The van der Waals surface area contributed by atoms with E-state index in [1.807, 2.05) is 13.8 Å². The van der Waals surface area contributed by atoms with Gasteiger partial charge in [0.15, 0.2) is 6.04 Å². The van der Waals surface area contributed by atoms with Crippen molar-refractivity contribution in [2.45, 2.75) is 233 Å². The smallest absolute Gasteiger partial charge is 0.408 e. The van der Waals surface area contributed by atoms with Crippen LogP contribution in [0.3, 0.4) is 0 Å². The lowest BCUT2D eigenvalue weighted by atomic mass is 9.88. The van der Waals surface area contributed by atoms with Crippen molar-refractivity contribution in [1.82, 2.24) is 52.6 Å². The van der Waals surface area contributed by atoms with Crippen molar-refractivity contribution in [2.75, 3.05) is 33.4 Å². The number of fused-ring (bicyclic) bond motifs is 1. The molecule has 0 bridgehead atoms. The quantitative estimate of drug-likeness (QED) is 0.0216. The van der Waals surface area contributed by atoms with E-state index in [1.54, 1.807) is 104 Å². The van der Waals surface area contributed by atoms with E-state index in [0.717, 1.165) is 12.7 Å². The Morgan fingerprint density at radius 2 is 1.25 bits per heavy atom. The van der Waals surface area contributed by atoms with Crippen LogP contribution in [0.15, 0.2) is 4.90 Å². The van der Waals surface area contributed by atoms with Gasteiger partial charge in [-0.3, -0.25) is 39.0 Å². The summed E-state index contributed by atoms with van der Waals surface area (Å²) in [4.78, 5) is 122. The van der Waals surface area contributed by atoms with Gasteiger partial charge in [0.2, 0.25) is 47.3 Å². The molecule has 0 fully saturated rings. The van der Waals surface area contributed by atoms with Crippen LogP contribution in [-0.4, -0.2) is 177 Å². The number of aliphatic hydroxyl groups is 2. The van der Waals surface area contributed by atoms with Crippen molar-refractivity contribution in [3.8, 4) is 5.75 Å². The molecule has 0 saturated carbocycles. The second-order valence-electron chi connectivity index (χ2n) is 25.7. The van der Waals surface area contributed by atoms with E-state index in [9.17, 15) is 61.8 Å². The molecule has 1 aliphatic heterocycles. The highest BCUT2D eigenvalue weighted by Crippen LogP contribution is 2.42. The lowest BCUT2D eigenvalue weighted by Crippen LogP contribution is -2.62. The van der Waals surface area contributed by atoms with Crippen molar-refractivity contribution < 1.29 is 80.7 Å². The van der Waals surface area contributed by atoms with Gasteiger partial charge in [-0.15, -0.1) is 0 Å². The molecule has 88 heavy (non-hydrogen) atoms. The maximum atomic E-state index is 14.6. The fourth-order valence-corrected chi connectivity index (χ4v) is 10.7. The number of amides is 8. The first-order valence-corrected chi connectivity index (χ1v) is 31.2. The number of guanidine groups is 1. The van der Waals surface area contributed by atoms with Crippen LogP contribution in [0.4, 0.5) is 4.79 Å². The normalized spacial score (nSPS) is 16.2. The minimum Gasteiger partial charge on any atom is -0.487 e. The highest BCUT2D eigenvalue weighted by Gasteiger charge is 2.39. The number of sulfonamides is 1. The Morgan fingerprint density at radius 1 is 0.682 bits per heavy atom. The van der Waals surface area contributed by atoms with Crippen LogP contribution in [0, 0.1) is 43.9 Å². The Labute approximate surface area is 518 Å². The third kappa shape index (κ3) is 25.0. The van der Waals surface area contributed by atoms with Gasteiger partial charge in [-0.05, 0) is 155 Å². The molecule has 0 radical (unpaired) electrons. The first kappa shape index (κ1) is 77.2. The molecule has 0 spiro atoms. The zero-order chi connectivity index (χ0) is 67.6. The van der Waals surface area contributed by atoms with E-state index in [1.165, 1.54) is 6.92 Å². The number of carbonyl (C=O) groups excluding carboxylic acids is 9. The van der Waals surface area contributed by atoms with E-state index < -0.39 is 160 Å². The molecule has 0 aromatic heterocycles. The Morgan fingerprint density at radius 3 is 1.80 bits per heavy atom.